The average Bonchev–Trinajstić information content (AvgIpc) is 3.03. The lowest BCUT2D eigenvalue weighted by molar-refractivity contribution is -0.130. The normalized spacial score (nSPS) is 24.2. The van der Waals surface area contributed by atoms with E-state index in [-0.39, 0.29) is 12.0 Å². The Labute approximate surface area is 134 Å². The molecule has 2 saturated heterocycles. The summed E-state index contributed by atoms with van der Waals surface area (Å²) in [6.07, 6.45) is 2.86. The molecule has 2 amide bonds. The van der Waals surface area contributed by atoms with Gasteiger partial charge in [0.2, 0.25) is 5.91 Å². The van der Waals surface area contributed by atoms with E-state index in [4.69, 9.17) is 4.74 Å². The van der Waals surface area contributed by atoms with Gasteiger partial charge in [0.25, 0.3) is 0 Å². The minimum absolute atomic E-state index is 0.0966. The van der Waals surface area contributed by atoms with Crippen molar-refractivity contribution in [2.45, 2.75) is 23.3 Å². The molecule has 118 valence electrons. The van der Waals surface area contributed by atoms with E-state index in [1.165, 1.54) is 4.90 Å². The third kappa shape index (κ3) is 2.92. The van der Waals surface area contributed by atoms with Crippen LogP contribution in [0.25, 0.3) is 0 Å². The summed E-state index contributed by atoms with van der Waals surface area (Å²) in [6, 6.07) is 8.07. The summed E-state index contributed by atoms with van der Waals surface area (Å²) < 4.78 is 5.47. The fourth-order valence-electron chi connectivity index (χ4n) is 3.09. The van der Waals surface area contributed by atoms with Gasteiger partial charge in [-0.3, -0.25) is 4.79 Å². The first-order chi connectivity index (χ1) is 10.5. The Kier molecular flexibility index (Phi) is 4.04. The van der Waals surface area contributed by atoms with Gasteiger partial charge in [0.15, 0.2) is 5.60 Å². The number of nitrogens with zero attached hydrogens (tertiary/aromatic N) is 2. The van der Waals surface area contributed by atoms with Crippen molar-refractivity contribution in [1.29, 1.82) is 0 Å². The summed E-state index contributed by atoms with van der Waals surface area (Å²) in [5.41, 5.74) is 0.522. The first kappa shape index (κ1) is 15.2. The van der Waals surface area contributed by atoms with Gasteiger partial charge in [0, 0.05) is 24.9 Å². The lowest BCUT2D eigenvalue weighted by atomic mass is 10.0. The fourth-order valence-corrected chi connectivity index (χ4v) is 3.50. The van der Waals surface area contributed by atoms with Crippen LogP contribution in [0.1, 0.15) is 12.0 Å². The molecule has 6 heteroatoms. The second-order valence-electron chi connectivity index (χ2n) is 6.00. The number of rotatable bonds is 3. The maximum atomic E-state index is 12.4. The Bertz CT molecular complexity index is 590. The molecule has 0 radical (unpaired) electrons. The SMILES string of the molecule is CSc1ccc(CC(=O)N2CC[C@@]3(CN(C)C(=O)O3)C2)cc1. The van der Waals surface area contributed by atoms with Gasteiger partial charge in [-0.25, -0.2) is 4.79 Å². The molecule has 0 aromatic heterocycles. The summed E-state index contributed by atoms with van der Waals surface area (Å²) in [4.78, 5) is 28.6. The van der Waals surface area contributed by atoms with Crippen LogP contribution < -0.4 is 0 Å². The molecule has 2 fully saturated rings. The zero-order valence-corrected chi connectivity index (χ0v) is 13.7. The Morgan fingerprint density at radius 2 is 2.05 bits per heavy atom. The third-order valence-electron chi connectivity index (χ3n) is 4.32. The zero-order chi connectivity index (χ0) is 15.7. The van der Waals surface area contributed by atoms with Crippen LogP contribution in [-0.4, -0.2) is 60.3 Å². The van der Waals surface area contributed by atoms with Crippen LogP contribution >= 0.6 is 11.8 Å². The number of hydrogen-bond acceptors (Lipinski definition) is 4. The van der Waals surface area contributed by atoms with Crippen molar-refractivity contribution in [2.24, 2.45) is 0 Å². The quantitative estimate of drug-likeness (QED) is 0.800. The lowest BCUT2D eigenvalue weighted by Crippen LogP contribution is -2.39. The monoisotopic (exact) mass is 320 g/mol. The Balaban J connectivity index is 1.60. The number of carbonyl (C=O) groups is 2. The summed E-state index contributed by atoms with van der Waals surface area (Å²) in [6.45, 7) is 1.73. The average molecular weight is 320 g/mol. The smallest absolute Gasteiger partial charge is 0.410 e. The van der Waals surface area contributed by atoms with Crippen LogP contribution in [0.15, 0.2) is 29.2 Å². The molecule has 1 aromatic rings. The molecular weight excluding hydrogens is 300 g/mol. The van der Waals surface area contributed by atoms with Crippen LogP contribution in [0.3, 0.4) is 0 Å². The van der Waals surface area contributed by atoms with Crippen LogP contribution in [0.2, 0.25) is 0 Å². The molecule has 1 spiro atoms. The minimum atomic E-state index is -0.496. The predicted molar refractivity (Wildman–Crippen MR) is 85.0 cm³/mol. The second-order valence-corrected chi connectivity index (χ2v) is 6.88. The number of ether oxygens (including phenoxy) is 1. The number of amides is 2. The van der Waals surface area contributed by atoms with Gasteiger partial charge < -0.3 is 14.5 Å². The molecule has 0 unspecified atom stereocenters. The van der Waals surface area contributed by atoms with E-state index < -0.39 is 5.60 Å². The maximum Gasteiger partial charge on any atom is 0.410 e. The molecule has 1 aromatic carbocycles. The molecule has 0 N–H and O–H groups in total. The molecule has 2 heterocycles. The van der Waals surface area contributed by atoms with Gasteiger partial charge in [-0.15, -0.1) is 11.8 Å². The topological polar surface area (TPSA) is 49.9 Å². The molecule has 2 aliphatic heterocycles. The first-order valence-corrected chi connectivity index (χ1v) is 8.59. The van der Waals surface area contributed by atoms with Gasteiger partial charge in [0.05, 0.1) is 19.5 Å². The Morgan fingerprint density at radius 3 is 2.64 bits per heavy atom. The largest absolute Gasteiger partial charge is 0.439 e. The molecular formula is C16H20N2O3S. The number of hydrogen-bond donors (Lipinski definition) is 0. The number of carbonyl (C=O) groups excluding carboxylic acids is 2. The third-order valence-corrected chi connectivity index (χ3v) is 5.07. The summed E-state index contributed by atoms with van der Waals surface area (Å²) in [7, 11) is 1.73. The van der Waals surface area contributed by atoms with Gasteiger partial charge in [-0.2, -0.15) is 0 Å². The van der Waals surface area contributed by atoms with Crippen molar-refractivity contribution in [3.63, 3.8) is 0 Å². The summed E-state index contributed by atoms with van der Waals surface area (Å²) >= 11 is 1.69. The number of thioether (sulfide) groups is 1. The molecule has 1 atom stereocenters. The molecule has 0 bridgehead atoms. The highest BCUT2D eigenvalue weighted by atomic mass is 32.2. The van der Waals surface area contributed by atoms with E-state index in [1.54, 1.807) is 23.7 Å². The van der Waals surface area contributed by atoms with Gasteiger partial charge >= 0.3 is 6.09 Å². The molecule has 22 heavy (non-hydrogen) atoms. The molecule has 5 nitrogen and oxygen atoms in total. The van der Waals surface area contributed by atoms with E-state index in [2.05, 4.69) is 0 Å². The second kappa shape index (κ2) is 5.83. The van der Waals surface area contributed by atoms with Crippen molar-refractivity contribution in [2.75, 3.05) is 32.9 Å². The van der Waals surface area contributed by atoms with Crippen molar-refractivity contribution < 1.29 is 14.3 Å². The number of likely N-dealkylation sites (N-methyl/N-ethyl adjacent to an activating group) is 1. The molecule has 3 rings (SSSR count). The maximum absolute atomic E-state index is 12.4. The van der Waals surface area contributed by atoms with Crippen LogP contribution in [0.5, 0.6) is 0 Å². The lowest BCUT2D eigenvalue weighted by Gasteiger charge is -2.21. The van der Waals surface area contributed by atoms with E-state index in [1.807, 2.05) is 35.4 Å². The standard InChI is InChI=1S/C16H20N2O3S/c1-17-10-16(21-15(17)20)7-8-18(11-16)14(19)9-12-3-5-13(22-2)6-4-12/h3-6H,7-11H2,1-2H3/t16-/m1/s1. The predicted octanol–water partition coefficient (Wildman–Crippen LogP) is 2.00. The first-order valence-electron chi connectivity index (χ1n) is 7.36. The van der Waals surface area contributed by atoms with Gasteiger partial charge in [-0.05, 0) is 24.0 Å². The van der Waals surface area contributed by atoms with E-state index in [0.717, 1.165) is 12.0 Å². The van der Waals surface area contributed by atoms with Crippen molar-refractivity contribution in [1.82, 2.24) is 9.80 Å². The van der Waals surface area contributed by atoms with Crippen molar-refractivity contribution >= 4 is 23.8 Å². The van der Waals surface area contributed by atoms with E-state index in [9.17, 15) is 9.59 Å². The zero-order valence-electron chi connectivity index (χ0n) is 12.9. The highest BCUT2D eigenvalue weighted by Crippen LogP contribution is 2.32. The van der Waals surface area contributed by atoms with Crippen LogP contribution in [0.4, 0.5) is 4.79 Å². The highest BCUT2D eigenvalue weighted by molar-refractivity contribution is 7.98. The molecule has 0 aliphatic carbocycles. The highest BCUT2D eigenvalue weighted by Gasteiger charge is 2.49. The van der Waals surface area contributed by atoms with Gasteiger partial charge in [-0.1, -0.05) is 12.1 Å². The van der Waals surface area contributed by atoms with Gasteiger partial charge in [0.1, 0.15) is 0 Å². The molecule has 0 saturated carbocycles. The summed E-state index contributed by atoms with van der Waals surface area (Å²) in [5, 5.41) is 0. The molecule has 2 aliphatic rings. The van der Waals surface area contributed by atoms with Crippen molar-refractivity contribution in [3.8, 4) is 0 Å². The number of likely N-dealkylation sites (tertiary alicyclic amines) is 1. The van der Waals surface area contributed by atoms with E-state index >= 15 is 0 Å². The van der Waals surface area contributed by atoms with Crippen molar-refractivity contribution in [3.05, 3.63) is 29.8 Å². The Morgan fingerprint density at radius 1 is 1.32 bits per heavy atom. The minimum Gasteiger partial charge on any atom is -0.439 e. The Hall–Kier alpha value is -1.69. The van der Waals surface area contributed by atoms with Crippen LogP contribution in [-0.2, 0) is 16.0 Å². The van der Waals surface area contributed by atoms with Crippen LogP contribution in [0, 0.1) is 0 Å². The summed E-state index contributed by atoms with van der Waals surface area (Å²) in [5.74, 6) is 0.0966. The van der Waals surface area contributed by atoms with E-state index in [0.29, 0.717) is 26.1 Å². The fraction of sp³-hybridized carbons (Fsp3) is 0.500. The number of benzene rings is 1.